The molecule has 3 rings (SSSR count). The van der Waals surface area contributed by atoms with E-state index >= 15 is 0 Å². The Balaban J connectivity index is 1.79. The summed E-state index contributed by atoms with van der Waals surface area (Å²) in [6, 6.07) is 0. The zero-order valence-electron chi connectivity index (χ0n) is 12.1. The summed E-state index contributed by atoms with van der Waals surface area (Å²) in [4.78, 5) is 12.4. The van der Waals surface area contributed by atoms with Gasteiger partial charge in [-0.15, -0.1) is 10.2 Å². The van der Waals surface area contributed by atoms with Crippen LogP contribution in [0.5, 0.6) is 0 Å². The topological polar surface area (TPSA) is 93.9 Å². The predicted molar refractivity (Wildman–Crippen MR) is 76.7 cm³/mol. The molecule has 0 spiro atoms. The number of hydrogen-bond donors (Lipinski definition) is 1. The second-order valence-electron chi connectivity index (χ2n) is 6.26. The zero-order chi connectivity index (χ0) is 15.1. The first-order valence-corrected chi connectivity index (χ1v) is 9.16. The summed E-state index contributed by atoms with van der Waals surface area (Å²) in [7, 11) is -3.05. The van der Waals surface area contributed by atoms with Crippen molar-refractivity contribution in [3.8, 4) is 0 Å². The zero-order valence-corrected chi connectivity index (χ0v) is 12.9. The Hall–Kier alpha value is -1.44. The van der Waals surface area contributed by atoms with E-state index in [0.717, 1.165) is 38.1 Å². The van der Waals surface area contributed by atoms with Gasteiger partial charge in [-0.1, -0.05) is 6.42 Å². The van der Waals surface area contributed by atoms with E-state index in [4.69, 9.17) is 0 Å². The minimum Gasteiger partial charge on any atom is -0.343 e. The number of carbonyl (C=O) groups is 1. The first-order chi connectivity index (χ1) is 9.89. The molecule has 2 aliphatic rings. The lowest BCUT2D eigenvalue weighted by molar-refractivity contribution is 0.0899. The molecule has 1 N–H and O–H groups in total. The number of aryl methyl sites for hydroxylation is 1. The van der Waals surface area contributed by atoms with Gasteiger partial charge in [-0.2, -0.15) is 0 Å². The van der Waals surface area contributed by atoms with Crippen LogP contribution in [0.4, 0.5) is 0 Å². The number of sulfone groups is 1. The van der Waals surface area contributed by atoms with Gasteiger partial charge >= 0.3 is 0 Å². The van der Waals surface area contributed by atoms with Crippen LogP contribution in [-0.2, 0) is 22.8 Å². The van der Waals surface area contributed by atoms with Gasteiger partial charge < -0.3 is 9.88 Å². The third-order valence-corrected chi connectivity index (χ3v) is 6.13. The van der Waals surface area contributed by atoms with Gasteiger partial charge in [0.2, 0.25) is 5.82 Å². The standard InChI is InChI=1S/C13H20N4O3S/c1-13(6-8-21(19,20)9-13)14-12(18)11-16-15-10-5-3-2-4-7-17(10)11/h2-9H2,1H3,(H,14,18)/t13-/m1/s1. The molecule has 7 nitrogen and oxygen atoms in total. The number of hydrogen-bond acceptors (Lipinski definition) is 5. The smallest absolute Gasteiger partial charge is 0.289 e. The second kappa shape index (κ2) is 5.08. The fourth-order valence-corrected chi connectivity index (χ4v) is 5.19. The molecule has 0 radical (unpaired) electrons. The molecule has 1 atom stereocenters. The Labute approximate surface area is 124 Å². The van der Waals surface area contributed by atoms with Crippen LogP contribution in [0.2, 0.25) is 0 Å². The van der Waals surface area contributed by atoms with Crippen molar-refractivity contribution in [2.24, 2.45) is 0 Å². The van der Waals surface area contributed by atoms with E-state index in [2.05, 4.69) is 15.5 Å². The summed E-state index contributed by atoms with van der Waals surface area (Å²) >= 11 is 0. The van der Waals surface area contributed by atoms with Gasteiger partial charge in [0.1, 0.15) is 5.82 Å². The first-order valence-electron chi connectivity index (χ1n) is 7.34. The molecule has 1 aromatic rings. The molecule has 0 saturated carbocycles. The molecule has 0 bridgehead atoms. The molecule has 3 heterocycles. The van der Waals surface area contributed by atoms with Crippen molar-refractivity contribution in [2.75, 3.05) is 11.5 Å². The van der Waals surface area contributed by atoms with Crippen molar-refractivity contribution >= 4 is 15.7 Å². The van der Waals surface area contributed by atoms with Crippen molar-refractivity contribution in [2.45, 2.75) is 51.1 Å². The number of nitrogens with zero attached hydrogens (tertiary/aromatic N) is 3. The van der Waals surface area contributed by atoms with Crippen LogP contribution in [0.1, 0.15) is 49.1 Å². The molecule has 2 aliphatic heterocycles. The van der Waals surface area contributed by atoms with Gasteiger partial charge in [0, 0.05) is 13.0 Å². The van der Waals surface area contributed by atoms with Crippen LogP contribution in [0.15, 0.2) is 0 Å². The van der Waals surface area contributed by atoms with Gasteiger partial charge in [0.05, 0.1) is 17.0 Å². The number of rotatable bonds is 2. The predicted octanol–water partition coefficient (Wildman–Crippen LogP) is 0.311. The van der Waals surface area contributed by atoms with Gasteiger partial charge in [-0.05, 0) is 26.2 Å². The highest BCUT2D eigenvalue weighted by Gasteiger charge is 2.40. The Bertz CT molecular complexity index is 667. The third kappa shape index (κ3) is 2.95. The van der Waals surface area contributed by atoms with E-state index in [-0.39, 0.29) is 17.4 Å². The third-order valence-electron chi connectivity index (χ3n) is 4.23. The van der Waals surface area contributed by atoms with Crippen LogP contribution >= 0.6 is 0 Å². The van der Waals surface area contributed by atoms with Crippen LogP contribution < -0.4 is 5.32 Å². The summed E-state index contributed by atoms with van der Waals surface area (Å²) in [6.45, 7) is 2.52. The Kier molecular flexibility index (Phi) is 3.51. The summed E-state index contributed by atoms with van der Waals surface area (Å²) in [5, 5.41) is 10.9. The number of fused-ring (bicyclic) bond motifs is 1. The lowest BCUT2D eigenvalue weighted by atomic mass is 10.0. The van der Waals surface area contributed by atoms with Crippen molar-refractivity contribution in [1.82, 2.24) is 20.1 Å². The molecule has 1 amide bonds. The van der Waals surface area contributed by atoms with Gasteiger partial charge in [-0.3, -0.25) is 4.79 Å². The lowest BCUT2D eigenvalue weighted by Crippen LogP contribution is -2.47. The van der Waals surface area contributed by atoms with Gasteiger partial charge in [0.25, 0.3) is 5.91 Å². The largest absolute Gasteiger partial charge is 0.343 e. The van der Waals surface area contributed by atoms with Crippen LogP contribution in [0, 0.1) is 0 Å². The van der Waals surface area contributed by atoms with E-state index < -0.39 is 15.4 Å². The van der Waals surface area contributed by atoms with E-state index in [9.17, 15) is 13.2 Å². The fourth-order valence-electron chi connectivity index (χ4n) is 3.09. The minimum atomic E-state index is -3.05. The molecule has 0 aliphatic carbocycles. The van der Waals surface area contributed by atoms with E-state index in [1.54, 1.807) is 6.92 Å². The number of amides is 1. The number of carbonyl (C=O) groups excluding carboxylic acids is 1. The molecular formula is C13H20N4O3S. The Morgan fingerprint density at radius 2 is 2.10 bits per heavy atom. The van der Waals surface area contributed by atoms with Crippen molar-refractivity contribution in [3.63, 3.8) is 0 Å². The van der Waals surface area contributed by atoms with E-state index in [1.807, 2.05) is 4.57 Å². The Morgan fingerprint density at radius 3 is 2.81 bits per heavy atom. The average molecular weight is 312 g/mol. The monoisotopic (exact) mass is 312 g/mol. The highest BCUT2D eigenvalue weighted by atomic mass is 32.2. The van der Waals surface area contributed by atoms with Gasteiger partial charge in [-0.25, -0.2) is 8.42 Å². The molecule has 0 aromatic carbocycles. The quantitative estimate of drug-likeness (QED) is 0.848. The molecule has 0 unspecified atom stereocenters. The van der Waals surface area contributed by atoms with Crippen LogP contribution in [0.25, 0.3) is 0 Å². The Morgan fingerprint density at radius 1 is 1.29 bits per heavy atom. The molecule has 116 valence electrons. The maximum Gasteiger partial charge on any atom is 0.289 e. The highest BCUT2D eigenvalue weighted by molar-refractivity contribution is 7.91. The minimum absolute atomic E-state index is 0.00721. The summed E-state index contributed by atoms with van der Waals surface area (Å²) in [5.41, 5.74) is -0.701. The number of nitrogens with one attached hydrogen (secondary N) is 1. The van der Waals surface area contributed by atoms with E-state index in [0.29, 0.717) is 12.2 Å². The van der Waals surface area contributed by atoms with Gasteiger partial charge in [0.15, 0.2) is 9.84 Å². The maximum absolute atomic E-state index is 12.4. The summed E-state index contributed by atoms with van der Waals surface area (Å²) < 4.78 is 25.1. The van der Waals surface area contributed by atoms with Crippen molar-refractivity contribution in [1.29, 1.82) is 0 Å². The SMILES string of the molecule is C[C@@]1(NC(=O)c2nnc3n2CCCCC3)CCS(=O)(=O)C1. The molecule has 8 heteroatoms. The van der Waals surface area contributed by atoms with Crippen LogP contribution in [0.3, 0.4) is 0 Å². The van der Waals surface area contributed by atoms with Crippen molar-refractivity contribution in [3.05, 3.63) is 11.6 Å². The van der Waals surface area contributed by atoms with Crippen LogP contribution in [-0.4, -0.2) is 46.1 Å². The highest BCUT2D eigenvalue weighted by Crippen LogP contribution is 2.23. The summed E-state index contributed by atoms with van der Waals surface area (Å²) in [6.07, 6.45) is 4.49. The summed E-state index contributed by atoms with van der Waals surface area (Å²) in [5.74, 6) is 0.948. The first kappa shape index (κ1) is 14.5. The number of aromatic nitrogens is 3. The lowest BCUT2D eigenvalue weighted by Gasteiger charge is -2.23. The second-order valence-corrected chi connectivity index (χ2v) is 8.44. The van der Waals surface area contributed by atoms with Crippen molar-refractivity contribution < 1.29 is 13.2 Å². The fraction of sp³-hybridized carbons (Fsp3) is 0.769. The normalized spacial score (nSPS) is 27.9. The van der Waals surface area contributed by atoms with E-state index in [1.165, 1.54) is 0 Å². The maximum atomic E-state index is 12.4. The molecule has 1 fully saturated rings. The molecule has 21 heavy (non-hydrogen) atoms. The molecular weight excluding hydrogens is 292 g/mol. The average Bonchev–Trinajstić information content (AvgIpc) is 2.81. The molecule has 1 aromatic heterocycles. The molecule has 1 saturated heterocycles.